The van der Waals surface area contributed by atoms with Crippen LogP contribution in [0.4, 0.5) is 4.79 Å². The maximum absolute atomic E-state index is 13.2. The summed E-state index contributed by atoms with van der Waals surface area (Å²) in [6.45, 7) is 9.25. The first-order chi connectivity index (χ1) is 13.1. The number of carbonyl (C=O) groups excluding carboxylic acids is 3. The second-order valence-corrected chi connectivity index (χ2v) is 7.22. The Labute approximate surface area is 163 Å². The van der Waals surface area contributed by atoms with Crippen molar-refractivity contribution in [2.75, 3.05) is 20.7 Å². The average Bonchev–Trinajstić information content (AvgIpc) is 3.17. The molecule has 0 spiro atoms. The standard InChI is InChI=1S/C18H25N6O4/c1-9(2)23-14-15(19-17(23)24-12(5)10(3)11(4)20-24)21(6)18(27)22(16(14)26)8-13(25)28-7/h9,14H,8H2,1-7H3/q+1. The number of carbonyl (C=O) groups is 3. The SMILES string of the molecule is COC(=O)CN1C(=O)C2C(=NC(n3nc(C)c(C)c3C)=[N+]2C(C)C)N(C)C1=O. The number of aromatic nitrogens is 2. The Bertz CT molecular complexity index is 942. The molecule has 0 aliphatic carbocycles. The minimum Gasteiger partial charge on any atom is -0.468 e. The summed E-state index contributed by atoms with van der Waals surface area (Å²) in [6.07, 6.45) is 0. The van der Waals surface area contributed by atoms with Crippen LogP contribution in [0.3, 0.4) is 0 Å². The predicted octanol–water partition coefficient (Wildman–Crippen LogP) is 0.281. The Morgan fingerprint density at radius 2 is 1.89 bits per heavy atom. The van der Waals surface area contributed by atoms with E-state index in [2.05, 4.69) is 14.8 Å². The third-order valence-corrected chi connectivity index (χ3v) is 5.24. The van der Waals surface area contributed by atoms with Gasteiger partial charge in [-0.3, -0.25) is 14.5 Å². The molecule has 3 amide bonds. The molecule has 1 aromatic rings. The lowest BCUT2D eigenvalue weighted by atomic mass is 10.1. The van der Waals surface area contributed by atoms with Gasteiger partial charge >= 0.3 is 18.0 Å². The van der Waals surface area contributed by atoms with Crippen molar-refractivity contribution in [2.24, 2.45) is 4.99 Å². The first kappa shape index (κ1) is 19.7. The molecule has 1 fully saturated rings. The van der Waals surface area contributed by atoms with Crippen molar-refractivity contribution in [2.45, 2.75) is 46.7 Å². The molecule has 2 aliphatic heterocycles. The number of hydrogen-bond acceptors (Lipinski definition) is 6. The molecular weight excluding hydrogens is 364 g/mol. The Morgan fingerprint density at radius 3 is 2.39 bits per heavy atom. The van der Waals surface area contributed by atoms with Crippen molar-refractivity contribution in [3.8, 4) is 0 Å². The van der Waals surface area contributed by atoms with Crippen LogP contribution in [0.2, 0.25) is 0 Å². The Hall–Kier alpha value is -3.04. The second-order valence-electron chi connectivity index (χ2n) is 7.22. The molecule has 0 N–H and O–H groups in total. The lowest BCUT2D eigenvalue weighted by Gasteiger charge is -2.34. The number of imide groups is 1. The van der Waals surface area contributed by atoms with Crippen LogP contribution in [0, 0.1) is 20.8 Å². The average molecular weight is 389 g/mol. The van der Waals surface area contributed by atoms with Crippen molar-refractivity contribution in [3.05, 3.63) is 17.0 Å². The molecule has 1 aromatic heterocycles. The smallest absolute Gasteiger partial charge is 0.421 e. The fourth-order valence-electron chi connectivity index (χ4n) is 3.41. The number of ether oxygens (including phenoxy) is 1. The zero-order valence-corrected chi connectivity index (χ0v) is 17.2. The number of amides is 3. The lowest BCUT2D eigenvalue weighted by Crippen LogP contribution is -2.64. The number of fused-ring (bicyclic) bond motifs is 1. The summed E-state index contributed by atoms with van der Waals surface area (Å²) in [5.41, 5.74) is 2.81. The van der Waals surface area contributed by atoms with Crippen molar-refractivity contribution < 1.29 is 23.7 Å². The van der Waals surface area contributed by atoms with Crippen LogP contribution in [-0.4, -0.2) is 86.6 Å². The zero-order chi connectivity index (χ0) is 20.9. The van der Waals surface area contributed by atoms with E-state index in [0.717, 1.165) is 21.9 Å². The molecule has 10 nitrogen and oxygen atoms in total. The third-order valence-electron chi connectivity index (χ3n) is 5.24. The molecule has 2 aliphatic rings. The number of urea groups is 1. The maximum atomic E-state index is 13.2. The summed E-state index contributed by atoms with van der Waals surface area (Å²) in [7, 11) is 2.75. The number of nitrogens with zero attached hydrogens (tertiary/aromatic N) is 6. The Kier molecular flexibility index (Phi) is 4.82. The van der Waals surface area contributed by atoms with E-state index in [9.17, 15) is 14.4 Å². The van der Waals surface area contributed by atoms with Gasteiger partial charge in [0, 0.05) is 12.6 Å². The molecule has 0 bridgehead atoms. The quantitative estimate of drug-likeness (QED) is 0.546. The summed E-state index contributed by atoms with van der Waals surface area (Å²) < 4.78 is 8.15. The zero-order valence-electron chi connectivity index (χ0n) is 17.2. The lowest BCUT2D eigenvalue weighted by molar-refractivity contribution is -0.567. The molecule has 1 saturated heterocycles. The van der Waals surface area contributed by atoms with Crippen LogP contribution in [0.25, 0.3) is 0 Å². The molecular formula is C18H25N6O4+. The molecule has 0 radical (unpaired) electrons. The van der Waals surface area contributed by atoms with Gasteiger partial charge in [-0.1, -0.05) is 4.99 Å². The summed E-state index contributed by atoms with van der Waals surface area (Å²) >= 11 is 0. The Balaban J connectivity index is 2.15. The molecule has 0 aromatic carbocycles. The highest BCUT2D eigenvalue weighted by atomic mass is 16.5. The minimum atomic E-state index is -0.813. The summed E-state index contributed by atoms with van der Waals surface area (Å²) in [4.78, 5) is 44.4. The highest BCUT2D eigenvalue weighted by Gasteiger charge is 2.54. The molecule has 3 heterocycles. The number of hydrogen-bond donors (Lipinski definition) is 0. The first-order valence-corrected chi connectivity index (χ1v) is 9.03. The van der Waals surface area contributed by atoms with Gasteiger partial charge in [0.2, 0.25) is 11.9 Å². The van der Waals surface area contributed by atoms with Gasteiger partial charge in [0.1, 0.15) is 12.2 Å². The van der Waals surface area contributed by atoms with Gasteiger partial charge in [0.05, 0.1) is 18.8 Å². The van der Waals surface area contributed by atoms with Gasteiger partial charge in [-0.15, -0.1) is 9.78 Å². The molecule has 0 saturated carbocycles. The number of aryl methyl sites for hydroxylation is 1. The monoisotopic (exact) mass is 389 g/mol. The minimum absolute atomic E-state index is 0.101. The van der Waals surface area contributed by atoms with Crippen LogP contribution in [0.15, 0.2) is 4.99 Å². The van der Waals surface area contributed by atoms with Gasteiger partial charge in [0.25, 0.3) is 5.91 Å². The molecule has 10 heteroatoms. The van der Waals surface area contributed by atoms with Crippen LogP contribution in [-0.2, 0) is 14.3 Å². The van der Waals surface area contributed by atoms with Crippen LogP contribution >= 0.6 is 0 Å². The summed E-state index contributed by atoms with van der Waals surface area (Å²) in [6, 6.07) is -1.53. The van der Waals surface area contributed by atoms with E-state index >= 15 is 0 Å². The topological polar surface area (TPSA) is 100 Å². The molecule has 3 rings (SSSR count). The van der Waals surface area contributed by atoms with Crippen molar-refractivity contribution in [1.82, 2.24) is 19.6 Å². The molecule has 150 valence electrons. The van der Waals surface area contributed by atoms with E-state index in [1.54, 1.807) is 11.7 Å². The number of methoxy groups -OCH3 is 1. The number of amidine groups is 1. The predicted molar refractivity (Wildman–Crippen MR) is 100 cm³/mol. The van der Waals surface area contributed by atoms with Gasteiger partial charge in [-0.05, 0) is 34.6 Å². The first-order valence-electron chi connectivity index (χ1n) is 9.03. The highest BCUT2D eigenvalue weighted by Crippen LogP contribution is 2.23. The van der Waals surface area contributed by atoms with E-state index in [-0.39, 0.29) is 6.04 Å². The van der Waals surface area contributed by atoms with Crippen LogP contribution in [0.5, 0.6) is 0 Å². The van der Waals surface area contributed by atoms with Crippen LogP contribution in [0.1, 0.15) is 30.8 Å². The van der Waals surface area contributed by atoms with Gasteiger partial charge in [-0.25, -0.2) is 14.3 Å². The van der Waals surface area contributed by atoms with E-state index in [1.165, 1.54) is 12.0 Å². The molecule has 28 heavy (non-hydrogen) atoms. The molecule has 1 unspecified atom stereocenters. The van der Waals surface area contributed by atoms with E-state index < -0.39 is 30.5 Å². The largest absolute Gasteiger partial charge is 0.468 e. The molecule has 1 atom stereocenters. The fourth-order valence-corrected chi connectivity index (χ4v) is 3.41. The van der Waals surface area contributed by atoms with Crippen molar-refractivity contribution >= 4 is 29.7 Å². The van der Waals surface area contributed by atoms with E-state index in [1.807, 2.05) is 39.2 Å². The summed E-state index contributed by atoms with van der Waals surface area (Å²) in [5.74, 6) is -0.362. The number of aliphatic imine (C=N–C) groups is 1. The van der Waals surface area contributed by atoms with Gasteiger partial charge in [0.15, 0.2) is 0 Å². The van der Waals surface area contributed by atoms with Gasteiger partial charge in [-0.2, -0.15) is 0 Å². The number of esters is 1. The van der Waals surface area contributed by atoms with E-state index in [0.29, 0.717) is 11.8 Å². The van der Waals surface area contributed by atoms with Crippen molar-refractivity contribution in [3.63, 3.8) is 0 Å². The normalized spacial score (nSPS) is 19.6. The fraction of sp³-hybridized carbons (Fsp3) is 0.556. The van der Waals surface area contributed by atoms with Crippen LogP contribution < -0.4 is 0 Å². The Morgan fingerprint density at radius 1 is 1.25 bits per heavy atom. The van der Waals surface area contributed by atoms with E-state index in [4.69, 9.17) is 0 Å². The summed E-state index contributed by atoms with van der Waals surface area (Å²) in [5, 5.41) is 4.56. The van der Waals surface area contributed by atoms with Crippen molar-refractivity contribution in [1.29, 1.82) is 0 Å². The number of likely N-dealkylation sites (N-methyl/N-ethyl adjacent to an activating group) is 1. The second kappa shape index (κ2) is 6.84. The highest BCUT2D eigenvalue weighted by molar-refractivity contribution is 6.23. The maximum Gasteiger partial charge on any atom is 0.421 e. The number of rotatable bonds is 3. The third kappa shape index (κ3) is 2.79. The van der Waals surface area contributed by atoms with Gasteiger partial charge < -0.3 is 4.74 Å².